The third-order valence-corrected chi connectivity index (χ3v) is 4.14. The number of anilines is 2. The minimum Gasteiger partial charge on any atom is -0.398 e. The van der Waals surface area contributed by atoms with Gasteiger partial charge < -0.3 is 11.1 Å². The van der Waals surface area contributed by atoms with Crippen LogP contribution in [-0.2, 0) is 0 Å². The molecule has 0 spiro atoms. The summed E-state index contributed by atoms with van der Waals surface area (Å²) in [5.41, 5.74) is 7.25. The van der Waals surface area contributed by atoms with Crippen LogP contribution >= 0.6 is 43.5 Å². The van der Waals surface area contributed by atoms with Crippen molar-refractivity contribution in [3.05, 3.63) is 55.9 Å². The Morgan fingerprint density at radius 2 is 1.95 bits per heavy atom. The van der Waals surface area contributed by atoms with Gasteiger partial charge in [-0.05, 0) is 46.3 Å². The summed E-state index contributed by atoms with van der Waals surface area (Å²) < 4.78 is 1.42. The third-order valence-electron chi connectivity index (χ3n) is 2.45. The summed E-state index contributed by atoms with van der Waals surface area (Å²) in [7, 11) is 0. The van der Waals surface area contributed by atoms with E-state index in [2.05, 4.69) is 37.2 Å². The molecule has 0 bridgehead atoms. The molecule has 19 heavy (non-hydrogen) atoms. The number of carbonyl (C=O) groups is 1. The first kappa shape index (κ1) is 14.4. The number of amides is 1. The topological polar surface area (TPSA) is 55.1 Å². The molecule has 0 unspecified atom stereocenters. The average Bonchev–Trinajstić information content (AvgIpc) is 2.36. The van der Waals surface area contributed by atoms with Crippen molar-refractivity contribution in [3.63, 3.8) is 0 Å². The summed E-state index contributed by atoms with van der Waals surface area (Å²) in [5, 5.41) is 3.21. The van der Waals surface area contributed by atoms with Gasteiger partial charge in [-0.25, -0.2) is 0 Å². The number of nitrogens with two attached hydrogens (primary N) is 1. The molecule has 2 aromatic rings. The maximum Gasteiger partial charge on any atom is 0.256 e. The molecule has 3 N–H and O–H groups in total. The van der Waals surface area contributed by atoms with Crippen LogP contribution in [-0.4, -0.2) is 5.91 Å². The molecule has 1 amide bonds. The van der Waals surface area contributed by atoms with Gasteiger partial charge in [-0.1, -0.05) is 33.6 Å². The molecule has 0 aliphatic carbocycles. The predicted molar refractivity (Wildman–Crippen MR) is 85.7 cm³/mol. The summed E-state index contributed by atoms with van der Waals surface area (Å²) in [5.74, 6) is -0.275. The first-order valence-electron chi connectivity index (χ1n) is 5.29. The average molecular weight is 404 g/mol. The standard InChI is InChI=1S/C13H9Br2ClN2O/c14-7-4-5-11(9(16)6-7)18-13(19)8-2-1-3-10(17)12(8)15/h1-6H,17H2,(H,18,19). The van der Waals surface area contributed by atoms with Gasteiger partial charge in [-0.3, -0.25) is 4.79 Å². The number of nitrogens with one attached hydrogen (secondary N) is 1. The predicted octanol–water partition coefficient (Wildman–Crippen LogP) is 4.70. The number of nitrogen functional groups attached to an aromatic ring is 1. The molecule has 2 rings (SSSR count). The van der Waals surface area contributed by atoms with Crippen LogP contribution in [0.3, 0.4) is 0 Å². The van der Waals surface area contributed by atoms with Crippen LogP contribution in [0, 0.1) is 0 Å². The quantitative estimate of drug-likeness (QED) is 0.713. The Hall–Kier alpha value is -1.04. The van der Waals surface area contributed by atoms with Crippen molar-refractivity contribution in [3.8, 4) is 0 Å². The molecule has 0 aliphatic heterocycles. The van der Waals surface area contributed by atoms with Crippen molar-refractivity contribution in [1.82, 2.24) is 0 Å². The van der Waals surface area contributed by atoms with Gasteiger partial charge in [0, 0.05) is 10.2 Å². The van der Waals surface area contributed by atoms with E-state index in [1.54, 1.807) is 36.4 Å². The molecule has 0 heterocycles. The van der Waals surface area contributed by atoms with Crippen LogP contribution in [0.1, 0.15) is 10.4 Å². The summed E-state index contributed by atoms with van der Waals surface area (Å²) in [6, 6.07) is 10.4. The SMILES string of the molecule is Nc1cccc(C(=O)Nc2ccc(Br)cc2Cl)c1Br. The Morgan fingerprint density at radius 3 is 2.63 bits per heavy atom. The molecule has 0 saturated heterocycles. The largest absolute Gasteiger partial charge is 0.398 e. The van der Waals surface area contributed by atoms with Crippen LogP contribution in [0.5, 0.6) is 0 Å². The van der Waals surface area contributed by atoms with E-state index in [4.69, 9.17) is 17.3 Å². The van der Waals surface area contributed by atoms with Gasteiger partial charge >= 0.3 is 0 Å². The number of benzene rings is 2. The smallest absolute Gasteiger partial charge is 0.256 e. The molecule has 2 aromatic carbocycles. The van der Waals surface area contributed by atoms with E-state index >= 15 is 0 Å². The van der Waals surface area contributed by atoms with Crippen molar-refractivity contribution in [1.29, 1.82) is 0 Å². The summed E-state index contributed by atoms with van der Waals surface area (Å²) in [6.07, 6.45) is 0. The second kappa shape index (κ2) is 5.94. The zero-order valence-corrected chi connectivity index (χ0v) is 13.5. The van der Waals surface area contributed by atoms with Crippen molar-refractivity contribution in [2.75, 3.05) is 11.1 Å². The van der Waals surface area contributed by atoms with Gasteiger partial charge in [0.2, 0.25) is 0 Å². The number of hydrogen-bond acceptors (Lipinski definition) is 2. The normalized spacial score (nSPS) is 10.3. The Balaban J connectivity index is 2.28. The van der Waals surface area contributed by atoms with Gasteiger partial charge in [0.25, 0.3) is 5.91 Å². The molecule has 98 valence electrons. The highest BCUT2D eigenvalue weighted by Crippen LogP contribution is 2.28. The van der Waals surface area contributed by atoms with E-state index in [1.807, 2.05) is 0 Å². The van der Waals surface area contributed by atoms with Crippen LogP contribution in [0.2, 0.25) is 5.02 Å². The van der Waals surface area contributed by atoms with Crippen molar-refractivity contribution >= 4 is 60.7 Å². The van der Waals surface area contributed by atoms with E-state index < -0.39 is 0 Å². The van der Waals surface area contributed by atoms with Gasteiger partial charge in [0.1, 0.15) is 0 Å². The first-order valence-corrected chi connectivity index (χ1v) is 7.26. The van der Waals surface area contributed by atoms with Crippen LogP contribution in [0.4, 0.5) is 11.4 Å². The zero-order chi connectivity index (χ0) is 14.0. The zero-order valence-electron chi connectivity index (χ0n) is 9.58. The lowest BCUT2D eigenvalue weighted by atomic mass is 10.2. The van der Waals surface area contributed by atoms with Crippen LogP contribution in [0.25, 0.3) is 0 Å². The fourth-order valence-electron chi connectivity index (χ4n) is 1.51. The Morgan fingerprint density at radius 1 is 1.21 bits per heavy atom. The molecule has 0 atom stereocenters. The number of halogens is 3. The van der Waals surface area contributed by atoms with E-state index in [1.165, 1.54) is 0 Å². The minimum atomic E-state index is -0.275. The van der Waals surface area contributed by atoms with E-state index in [0.29, 0.717) is 26.4 Å². The monoisotopic (exact) mass is 402 g/mol. The molecule has 0 aromatic heterocycles. The van der Waals surface area contributed by atoms with Crippen molar-refractivity contribution in [2.45, 2.75) is 0 Å². The molecular weight excluding hydrogens is 395 g/mol. The number of hydrogen-bond donors (Lipinski definition) is 2. The maximum atomic E-state index is 12.2. The van der Waals surface area contributed by atoms with Crippen molar-refractivity contribution < 1.29 is 4.79 Å². The van der Waals surface area contributed by atoms with Crippen LogP contribution in [0.15, 0.2) is 45.3 Å². The summed E-state index contributed by atoms with van der Waals surface area (Å²) in [4.78, 5) is 12.2. The Kier molecular flexibility index (Phi) is 4.50. The van der Waals surface area contributed by atoms with E-state index in [9.17, 15) is 4.79 Å². The molecule has 3 nitrogen and oxygen atoms in total. The fourth-order valence-corrected chi connectivity index (χ4v) is 2.67. The van der Waals surface area contributed by atoms with Gasteiger partial charge in [-0.15, -0.1) is 0 Å². The summed E-state index contributed by atoms with van der Waals surface area (Å²) in [6.45, 7) is 0. The molecular formula is C13H9Br2ClN2O. The minimum absolute atomic E-state index is 0.275. The van der Waals surface area contributed by atoms with E-state index in [-0.39, 0.29) is 5.91 Å². The van der Waals surface area contributed by atoms with Crippen LogP contribution < -0.4 is 11.1 Å². The number of carbonyl (C=O) groups excluding carboxylic acids is 1. The maximum absolute atomic E-state index is 12.2. The second-order valence-electron chi connectivity index (χ2n) is 3.79. The fraction of sp³-hybridized carbons (Fsp3) is 0. The Bertz CT molecular complexity index is 647. The highest BCUT2D eigenvalue weighted by Gasteiger charge is 2.13. The molecule has 0 fully saturated rings. The lowest BCUT2D eigenvalue weighted by molar-refractivity contribution is 0.102. The molecule has 0 radical (unpaired) electrons. The highest BCUT2D eigenvalue weighted by molar-refractivity contribution is 9.11. The summed E-state index contributed by atoms with van der Waals surface area (Å²) >= 11 is 12.7. The van der Waals surface area contributed by atoms with Gasteiger partial charge in [0.15, 0.2) is 0 Å². The van der Waals surface area contributed by atoms with Gasteiger partial charge in [0.05, 0.1) is 20.7 Å². The lowest BCUT2D eigenvalue weighted by Gasteiger charge is -2.09. The number of rotatable bonds is 2. The highest BCUT2D eigenvalue weighted by atomic mass is 79.9. The molecule has 0 saturated carbocycles. The van der Waals surface area contributed by atoms with Crippen molar-refractivity contribution in [2.24, 2.45) is 0 Å². The lowest BCUT2D eigenvalue weighted by Crippen LogP contribution is -2.13. The molecule has 6 heteroatoms. The first-order chi connectivity index (χ1) is 8.99. The van der Waals surface area contributed by atoms with Gasteiger partial charge in [-0.2, -0.15) is 0 Å². The second-order valence-corrected chi connectivity index (χ2v) is 5.90. The van der Waals surface area contributed by atoms with E-state index in [0.717, 1.165) is 4.47 Å². The Labute approximate surface area is 132 Å². The molecule has 0 aliphatic rings. The third kappa shape index (κ3) is 3.29.